The van der Waals surface area contributed by atoms with Crippen LogP contribution >= 0.6 is 0 Å². The van der Waals surface area contributed by atoms with Crippen molar-refractivity contribution >= 4 is 0 Å². The van der Waals surface area contributed by atoms with E-state index in [2.05, 4.69) is 0 Å². The Labute approximate surface area is 209 Å². The summed E-state index contributed by atoms with van der Waals surface area (Å²) in [7, 11) is 0. The molecule has 0 saturated heterocycles. The molecule has 2 saturated carbocycles. The Morgan fingerprint density at radius 3 is 1.22 bits per heavy atom. The molecule has 4 atom stereocenters. The van der Waals surface area contributed by atoms with Crippen molar-refractivity contribution in [3.63, 3.8) is 0 Å². The highest BCUT2D eigenvalue weighted by Gasteiger charge is 2.68. The highest BCUT2D eigenvalue weighted by Crippen LogP contribution is 2.56. The lowest BCUT2D eigenvalue weighted by Gasteiger charge is -2.03. The number of alkyl halides is 4. The van der Waals surface area contributed by atoms with Crippen molar-refractivity contribution in [3.8, 4) is 0 Å². The summed E-state index contributed by atoms with van der Waals surface area (Å²) in [5, 5.41) is 0. The van der Waals surface area contributed by atoms with Crippen LogP contribution in [0.25, 0.3) is 0 Å². The Morgan fingerprint density at radius 2 is 0.861 bits per heavy atom. The number of rotatable bonds is 16. The first-order valence-electron chi connectivity index (χ1n) is 12.2. The van der Waals surface area contributed by atoms with E-state index in [1.165, 1.54) is 0 Å². The summed E-state index contributed by atoms with van der Waals surface area (Å²) in [5.74, 6) is -8.93. The Hall–Kier alpha value is -2.26. The summed E-state index contributed by atoms with van der Waals surface area (Å²) < 4.78 is 77.3. The van der Waals surface area contributed by atoms with Gasteiger partial charge in [-0.15, -0.1) is 0 Å². The zero-order chi connectivity index (χ0) is 25.4. The third kappa shape index (κ3) is 7.16. The van der Waals surface area contributed by atoms with Gasteiger partial charge in [0.25, 0.3) is 11.8 Å². The minimum atomic E-state index is -2.78. The average Bonchev–Trinajstić information content (AvgIpc) is 3.62. The summed E-state index contributed by atoms with van der Waals surface area (Å²) in [6.07, 6.45) is 3.29. The van der Waals surface area contributed by atoms with Gasteiger partial charge in [-0.1, -0.05) is 72.8 Å². The van der Waals surface area contributed by atoms with Crippen LogP contribution in [0.5, 0.6) is 0 Å². The first kappa shape index (κ1) is 26.8. The molecule has 0 radical (unpaired) electrons. The lowest BCUT2D eigenvalue weighted by Crippen LogP contribution is -2.04. The van der Waals surface area contributed by atoms with Gasteiger partial charge in [0.15, 0.2) is 0 Å². The van der Waals surface area contributed by atoms with Crippen LogP contribution in [0.2, 0.25) is 0 Å². The molecule has 2 aliphatic rings. The molecule has 0 bridgehead atoms. The second-order valence-electron chi connectivity index (χ2n) is 9.32. The van der Waals surface area contributed by atoms with Crippen molar-refractivity contribution in [1.82, 2.24) is 0 Å². The van der Waals surface area contributed by atoms with Crippen LogP contribution < -0.4 is 0 Å². The Balaban J connectivity index is 1.02. The van der Waals surface area contributed by atoms with Gasteiger partial charge in [0, 0.05) is 0 Å². The molecule has 0 spiro atoms. The molecular formula is C28H32F4O4. The first-order chi connectivity index (χ1) is 17.4. The van der Waals surface area contributed by atoms with Crippen LogP contribution in [0.1, 0.15) is 11.1 Å². The normalized spacial score (nSPS) is 25.8. The predicted molar refractivity (Wildman–Crippen MR) is 127 cm³/mol. The average molecular weight is 509 g/mol. The summed E-state index contributed by atoms with van der Waals surface area (Å²) in [4.78, 5) is 0. The van der Waals surface area contributed by atoms with E-state index in [0.29, 0.717) is 13.2 Å². The maximum atomic E-state index is 13.9. The molecule has 196 valence electrons. The third-order valence-corrected chi connectivity index (χ3v) is 6.74. The predicted octanol–water partition coefficient (Wildman–Crippen LogP) is 5.77. The number of ether oxygens (including phenoxy) is 4. The number of hydrogen-bond donors (Lipinski definition) is 0. The number of benzene rings is 2. The van der Waals surface area contributed by atoms with E-state index in [1.54, 1.807) is 12.2 Å². The summed E-state index contributed by atoms with van der Waals surface area (Å²) in [5.41, 5.74) is 1.89. The fourth-order valence-corrected chi connectivity index (χ4v) is 4.25. The first-order valence-corrected chi connectivity index (χ1v) is 12.2. The van der Waals surface area contributed by atoms with E-state index in [0.717, 1.165) is 11.1 Å². The monoisotopic (exact) mass is 508 g/mol. The van der Waals surface area contributed by atoms with Gasteiger partial charge in [0.1, 0.15) is 0 Å². The minimum absolute atomic E-state index is 0.0102. The molecule has 0 heterocycles. The fraction of sp³-hybridized carbons (Fsp3) is 0.500. The quantitative estimate of drug-likeness (QED) is 0.164. The van der Waals surface area contributed by atoms with Gasteiger partial charge in [0.05, 0.1) is 76.5 Å². The van der Waals surface area contributed by atoms with E-state index in [9.17, 15) is 17.6 Å². The largest absolute Gasteiger partial charge is 0.377 e. The standard InChI is InChI=1S/C28H32F4O4/c29-27(30)23(25(27)19-35-15-21-9-3-1-4-10-21)17-33-13-7-8-14-34-18-24-26(28(24,31)32)20-36-16-22-11-5-2-6-12-22/h1-12,23-26H,13-20H2/b8-7+/t23-,24+,25+,26-. The molecule has 0 unspecified atom stereocenters. The molecule has 0 N–H and O–H groups in total. The van der Waals surface area contributed by atoms with E-state index in [4.69, 9.17) is 18.9 Å². The SMILES string of the molecule is FC1(F)[C@H](COCc2ccccc2)[C@@H]1COC/C=C/COC[C@@H]1[C@H](COCc2ccccc2)C1(F)F. The fourth-order valence-electron chi connectivity index (χ4n) is 4.25. The van der Waals surface area contributed by atoms with Crippen molar-refractivity contribution in [2.45, 2.75) is 25.1 Å². The molecule has 8 heteroatoms. The van der Waals surface area contributed by atoms with E-state index < -0.39 is 35.5 Å². The summed E-state index contributed by atoms with van der Waals surface area (Å²) in [6, 6.07) is 18.8. The maximum Gasteiger partial charge on any atom is 0.259 e. The van der Waals surface area contributed by atoms with Crippen LogP contribution in [0, 0.1) is 23.7 Å². The van der Waals surface area contributed by atoms with Gasteiger partial charge in [-0.2, -0.15) is 0 Å². The smallest absolute Gasteiger partial charge is 0.259 e. The van der Waals surface area contributed by atoms with Crippen LogP contribution in [-0.2, 0) is 32.2 Å². The van der Waals surface area contributed by atoms with Crippen LogP contribution in [0.4, 0.5) is 17.6 Å². The highest BCUT2D eigenvalue weighted by atomic mass is 19.3. The van der Waals surface area contributed by atoms with Gasteiger partial charge < -0.3 is 18.9 Å². The van der Waals surface area contributed by atoms with Crippen molar-refractivity contribution in [2.24, 2.45) is 23.7 Å². The van der Waals surface area contributed by atoms with Crippen LogP contribution in [-0.4, -0.2) is 51.5 Å². The molecule has 0 amide bonds. The van der Waals surface area contributed by atoms with Gasteiger partial charge in [-0.05, 0) is 11.1 Å². The Bertz CT molecular complexity index is 877. The van der Waals surface area contributed by atoms with Crippen molar-refractivity contribution in [2.75, 3.05) is 39.6 Å². The molecule has 4 rings (SSSR count). The molecule has 0 aliphatic heterocycles. The van der Waals surface area contributed by atoms with Crippen molar-refractivity contribution in [3.05, 3.63) is 83.9 Å². The van der Waals surface area contributed by atoms with E-state index in [-0.39, 0.29) is 39.6 Å². The van der Waals surface area contributed by atoms with E-state index in [1.807, 2.05) is 60.7 Å². The number of halogens is 4. The number of hydrogen-bond acceptors (Lipinski definition) is 4. The van der Waals surface area contributed by atoms with Gasteiger partial charge in [-0.3, -0.25) is 0 Å². The van der Waals surface area contributed by atoms with Gasteiger partial charge in [-0.25, -0.2) is 17.6 Å². The Kier molecular flexibility index (Phi) is 9.17. The third-order valence-electron chi connectivity index (χ3n) is 6.74. The topological polar surface area (TPSA) is 36.9 Å². The summed E-state index contributed by atoms with van der Waals surface area (Å²) in [6.45, 7) is 0.780. The molecular weight excluding hydrogens is 476 g/mol. The van der Waals surface area contributed by atoms with Crippen molar-refractivity contribution in [1.29, 1.82) is 0 Å². The van der Waals surface area contributed by atoms with Crippen molar-refractivity contribution < 1.29 is 36.5 Å². The maximum absolute atomic E-state index is 13.9. The second-order valence-corrected chi connectivity index (χ2v) is 9.32. The van der Waals surface area contributed by atoms with Gasteiger partial charge in [0.2, 0.25) is 0 Å². The molecule has 2 fully saturated rings. The van der Waals surface area contributed by atoms with Crippen LogP contribution in [0.15, 0.2) is 72.8 Å². The Morgan fingerprint density at radius 1 is 0.528 bits per heavy atom. The van der Waals surface area contributed by atoms with Crippen LogP contribution in [0.3, 0.4) is 0 Å². The zero-order valence-electron chi connectivity index (χ0n) is 20.0. The second kappa shape index (κ2) is 12.3. The molecule has 2 aromatic rings. The van der Waals surface area contributed by atoms with Gasteiger partial charge >= 0.3 is 0 Å². The highest BCUT2D eigenvalue weighted by molar-refractivity contribution is 5.14. The minimum Gasteiger partial charge on any atom is -0.377 e. The molecule has 2 aliphatic carbocycles. The molecule has 4 nitrogen and oxygen atoms in total. The van der Waals surface area contributed by atoms with E-state index >= 15 is 0 Å². The molecule has 36 heavy (non-hydrogen) atoms. The lowest BCUT2D eigenvalue weighted by atomic mass is 10.2. The zero-order valence-corrected chi connectivity index (χ0v) is 20.0. The molecule has 0 aromatic heterocycles. The molecule has 2 aromatic carbocycles. The lowest BCUT2D eigenvalue weighted by molar-refractivity contribution is 0.0384. The summed E-state index contributed by atoms with van der Waals surface area (Å²) >= 11 is 0.